The largest absolute Gasteiger partial charge is 0.494 e. The predicted octanol–water partition coefficient (Wildman–Crippen LogP) is 3.32. The number of aromatic nitrogens is 2. The first-order chi connectivity index (χ1) is 10.3. The van der Waals surface area contributed by atoms with E-state index in [0.29, 0.717) is 18.7 Å². The third kappa shape index (κ3) is 2.94. The molecule has 0 N–H and O–H groups in total. The number of ether oxygens (including phenoxy) is 1. The molecule has 3 rings (SSSR count). The first-order valence-electron chi connectivity index (χ1n) is 6.92. The first-order valence-corrected chi connectivity index (χ1v) is 6.92. The Balaban J connectivity index is 1.86. The third-order valence-corrected chi connectivity index (χ3v) is 3.33. The van der Waals surface area contributed by atoms with E-state index in [2.05, 4.69) is 4.98 Å². The summed E-state index contributed by atoms with van der Waals surface area (Å²) in [5.41, 5.74) is 0.709. The van der Waals surface area contributed by atoms with Gasteiger partial charge in [-0.3, -0.25) is 4.79 Å². The maximum absolute atomic E-state index is 12.3. The molecule has 0 atom stereocenters. The van der Waals surface area contributed by atoms with E-state index in [0.717, 1.165) is 16.5 Å². The summed E-state index contributed by atoms with van der Waals surface area (Å²) in [4.78, 5) is 16.2. The van der Waals surface area contributed by atoms with Crippen molar-refractivity contribution in [1.29, 1.82) is 0 Å². The minimum absolute atomic E-state index is 0.0729. The number of Topliss-reactive ketones (excluding diaryl/α,β-unsaturated/α-hetero) is 1. The molecule has 4 nitrogen and oxygen atoms in total. The van der Waals surface area contributed by atoms with Crippen LogP contribution in [0.3, 0.4) is 0 Å². The van der Waals surface area contributed by atoms with Crippen LogP contribution < -0.4 is 4.74 Å². The minimum atomic E-state index is 0.0729. The molecule has 0 saturated carbocycles. The maximum Gasteiger partial charge on any atom is 0.182 e. The van der Waals surface area contributed by atoms with Gasteiger partial charge in [-0.15, -0.1) is 0 Å². The number of ketones is 1. The second-order valence-electron chi connectivity index (χ2n) is 4.81. The lowest BCUT2D eigenvalue weighted by atomic mass is 10.0. The highest BCUT2D eigenvalue weighted by Crippen LogP contribution is 2.22. The predicted molar refractivity (Wildman–Crippen MR) is 81.7 cm³/mol. The van der Waals surface area contributed by atoms with Crippen molar-refractivity contribution in [3.63, 3.8) is 0 Å². The number of benzene rings is 2. The number of nitrogens with zero attached hydrogens (tertiary/aromatic N) is 2. The van der Waals surface area contributed by atoms with Crippen LogP contribution >= 0.6 is 0 Å². The van der Waals surface area contributed by atoms with E-state index in [4.69, 9.17) is 4.74 Å². The molecule has 0 fully saturated rings. The summed E-state index contributed by atoms with van der Waals surface area (Å²) in [5.74, 6) is 0.922. The zero-order chi connectivity index (χ0) is 14.7. The van der Waals surface area contributed by atoms with Gasteiger partial charge in [0.15, 0.2) is 5.78 Å². The Labute approximate surface area is 123 Å². The quantitative estimate of drug-likeness (QED) is 0.673. The molecular weight excluding hydrogens is 264 g/mol. The van der Waals surface area contributed by atoms with Crippen LogP contribution in [0.25, 0.3) is 10.8 Å². The highest BCUT2D eigenvalue weighted by atomic mass is 16.5. The van der Waals surface area contributed by atoms with E-state index in [9.17, 15) is 4.79 Å². The standard InChI is InChI=1S/C17H16N2O2/c1-2-21-16-6-5-13-9-15(4-3-14(13)10-16)17(20)11-19-8-7-18-12-19/h3-10,12H,2,11H2,1H3. The van der Waals surface area contributed by atoms with Crippen LogP contribution in [0.4, 0.5) is 0 Å². The summed E-state index contributed by atoms with van der Waals surface area (Å²) in [7, 11) is 0. The van der Waals surface area contributed by atoms with Gasteiger partial charge in [0.2, 0.25) is 0 Å². The highest BCUT2D eigenvalue weighted by molar-refractivity contribution is 6.00. The van der Waals surface area contributed by atoms with Crippen molar-refractivity contribution in [3.05, 3.63) is 60.7 Å². The van der Waals surface area contributed by atoms with Crippen molar-refractivity contribution >= 4 is 16.6 Å². The molecule has 1 aromatic heterocycles. The topological polar surface area (TPSA) is 44.1 Å². The van der Waals surface area contributed by atoms with Gasteiger partial charge in [-0.25, -0.2) is 4.98 Å². The average Bonchev–Trinajstić information content (AvgIpc) is 3.00. The molecule has 0 bridgehead atoms. The first kappa shape index (κ1) is 13.4. The van der Waals surface area contributed by atoms with Gasteiger partial charge in [0.1, 0.15) is 5.75 Å². The summed E-state index contributed by atoms with van der Waals surface area (Å²) < 4.78 is 7.25. The summed E-state index contributed by atoms with van der Waals surface area (Å²) in [5, 5.41) is 2.11. The van der Waals surface area contributed by atoms with E-state index in [-0.39, 0.29) is 5.78 Å². The molecule has 3 aromatic rings. The second kappa shape index (κ2) is 5.79. The van der Waals surface area contributed by atoms with Crippen LogP contribution in [0.1, 0.15) is 17.3 Å². The number of rotatable bonds is 5. The smallest absolute Gasteiger partial charge is 0.182 e. The molecule has 4 heteroatoms. The minimum Gasteiger partial charge on any atom is -0.494 e. The Morgan fingerprint density at radius 3 is 2.76 bits per heavy atom. The number of imidazole rings is 1. The highest BCUT2D eigenvalue weighted by Gasteiger charge is 2.08. The number of hydrogen-bond acceptors (Lipinski definition) is 3. The maximum atomic E-state index is 12.3. The van der Waals surface area contributed by atoms with Crippen LogP contribution in [0, 0.1) is 0 Å². The fourth-order valence-corrected chi connectivity index (χ4v) is 2.29. The summed E-state index contributed by atoms with van der Waals surface area (Å²) >= 11 is 0. The van der Waals surface area contributed by atoms with Crippen molar-refractivity contribution < 1.29 is 9.53 Å². The summed E-state index contributed by atoms with van der Waals surface area (Å²) in [6.07, 6.45) is 5.10. The number of fused-ring (bicyclic) bond motifs is 1. The van der Waals surface area contributed by atoms with Crippen molar-refractivity contribution in [3.8, 4) is 5.75 Å². The van der Waals surface area contributed by atoms with Gasteiger partial charge < -0.3 is 9.30 Å². The monoisotopic (exact) mass is 280 g/mol. The van der Waals surface area contributed by atoms with E-state index >= 15 is 0 Å². The van der Waals surface area contributed by atoms with Crippen LogP contribution in [0.15, 0.2) is 55.1 Å². The van der Waals surface area contributed by atoms with Crippen LogP contribution in [-0.2, 0) is 6.54 Å². The Morgan fingerprint density at radius 2 is 2.00 bits per heavy atom. The van der Waals surface area contributed by atoms with Gasteiger partial charge in [-0.1, -0.05) is 18.2 Å². The lowest BCUT2D eigenvalue weighted by Crippen LogP contribution is -2.08. The Morgan fingerprint density at radius 1 is 1.19 bits per heavy atom. The third-order valence-electron chi connectivity index (χ3n) is 3.33. The number of hydrogen-bond donors (Lipinski definition) is 0. The molecule has 106 valence electrons. The summed E-state index contributed by atoms with van der Waals surface area (Å²) in [6.45, 7) is 2.91. The molecular formula is C17H16N2O2. The second-order valence-corrected chi connectivity index (χ2v) is 4.81. The molecule has 0 amide bonds. The van der Waals surface area contributed by atoms with Gasteiger partial charge in [0.25, 0.3) is 0 Å². The molecule has 1 heterocycles. The normalized spacial score (nSPS) is 10.7. The van der Waals surface area contributed by atoms with Crippen LogP contribution in [0.2, 0.25) is 0 Å². The molecule has 0 unspecified atom stereocenters. The van der Waals surface area contributed by atoms with E-state index in [1.807, 2.05) is 43.3 Å². The van der Waals surface area contributed by atoms with Crippen molar-refractivity contribution in [2.24, 2.45) is 0 Å². The Hall–Kier alpha value is -2.62. The van der Waals surface area contributed by atoms with Crippen LogP contribution in [-0.4, -0.2) is 21.9 Å². The van der Waals surface area contributed by atoms with Gasteiger partial charge in [-0.05, 0) is 35.9 Å². The molecule has 0 aliphatic rings. The zero-order valence-electron chi connectivity index (χ0n) is 11.8. The summed E-state index contributed by atoms with van der Waals surface area (Å²) in [6, 6.07) is 11.6. The Bertz CT molecular complexity index is 764. The van der Waals surface area contributed by atoms with Crippen molar-refractivity contribution in [2.45, 2.75) is 13.5 Å². The van der Waals surface area contributed by atoms with E-state index in [1.54, 1.807) is 23.3 Å². The lowest BCUT2D eigenvalue weighted by Gasteiger charge is -2.07. The van der Waals surface area contributed by atoms with E-state index < -0.39 is 0 Å². The van der Waals surface area contributed by atoms with Gasteiger partial charge in [0, 0.05) is 18.0 Å². The van der Waals surface area contributed by atoms with E-state index in [1.165, 1.54) is 0 Å². The fourth-order valence-electron chi connectivity index (χ4n) is 2.29. The van der Waals surface area contributed by atoms with Gasteiger partial charge >= 0.3 is 0 Å². The van der Waals surface area contributed by atoms with Gasteiger partial charge in [-0.2, -0.15) is 0 Å². The molecule has 21 heavy (non-hydrogen) atoms. The van der Waals surface area contributed by atoms with Crippen molar-refractivity contribution in [2.75, 3.05) is 6.61 Å². The molecule has 0 spiro atoms. The van der Waals surface area contributed by atoms with Crippen LogP contribution in [0.5, 0.6) is 5.75 Å². The molecule has 0 aliphatic heterocycles. The molecule has 2 aromatic carbocycles. The SMILES string of the molecule is CCOc1ccc2cc(C(=O)Cn3ccnc3)ccc2c1. The molecule has 0 aliphatic carbocycles. The lowest BCUT2D eigenvalue weighted by molar-refractivity contribution is 0.0972. The van der Waals surface area contributed by atoms with Gasteiger partial charge in [0.05, 0.1) is 19.5 Å². The average molecular weight is 280 g/mol. The number of carbonyl (C=O) groups excluding carboxylic acids is 1. The number of carbonyl (C=O) groups is 1. The molecule has 0 radical (unpaired) electrons. The Kier molecular flexibility index (Phi) is 3.69. The zero-order valence-corrected chi connectivity index (χ0v) is 11.8. The fraction of sp³-hybridized carbons (Fsp3) is 0.176. The molecule has 0 saturated heterocycles. The van der Waals surface area contributed by atoms with Crippen molar-refractivity contribution in [1.82, 2.24) is 9.55 Å².